The number of aromatic nitrogens is 1. The fraction of sp³-hybridized carbons (Fsp3) is 0.200. The van der Waals surface area contributed by atoms with Crippen LogP contribution in [0.5, 0.6) is 5.75 Å². The van der Waals surface area contributed by atoms with Crippen LogP contribution in [0.4, 0.5) is 15.0 Å². The van der Waals surface area contributed by atoms with Gasteiger partial charge in [-0.3, -0.25) is 5.32 Å². The van der Waals surface area contributed by atoms with Crippen molar-refractivity contribution in [2.75, 3.05) is 12.4 Å². The third kappa shape index (κ3) is 4.17. The number of amides is 2. The third-order valence-corrected chi connectivity index (χ3v) is 2.82. The highest BCUT2D eigenvalue weighted by Crippen LogP contribution is 2.17. The number of nitrogens with one attached hydrogen (secondary N) is 2. The second-order valence-electron chi connectivity index (χ2n) is 4.50. The third-order valence-electron chi connectivity index (χ3n) is 2.82. The standard InChI is InChI=1S/C15H16FN3O2/c1-10-3-6-14(17-8-10)19-15(20)18-9-11-4-5-13(21-2)12(16)7-11/h3-8H,9H2,1-2H3,(H2,17,18,19,20). The molecule has 0 spiro atoms. The SMILES string of the molecule is COc1ccc(CNC(=O)Nc2ccc(C)cn2)cc1F. The Hall–Kier alpha value is -2.63. The van der Waals surface area contributed by atoms with Crippen molar-refractivity contribution in [1.82, 2.24) is 10.3 Å². The summed E-state index contributed by atoms with van der Waals surface area (Å²) in [5, 5.41) is 5.23. The number of aryl methyl sites for hydroxylation is 1. The second kappa shape index (κ2) is 6.69. The Morgan fingerprint density at radius 1 is 1.33 bits per heavy atom. The molecule has 1 aromatic carbocycles. The maximum atomic E-state index is 13.5. The molecule has 0 radical (unpaired) electrons. The van der Waals surface area contributed by atoms with Crippen LogP contribution in [0.1, 0.15) is 11.1 Å². The Balaban J connectivity index is 1.89. The van der Waals surface area contributed by atoms with E-state index in [2.05, 4.69) is 15.6 Å². The lowest BCUT2D eigenvalue weighted by atomic mass is 10.2. The normalized spacial score (nSPS) is 10.0. The van der Waals surface area contributed by atoms with Gasteiger partial charge in [0.05, 0.1) is 7.11 Å². The van der Waals surface area contributed by atoms with Gasteiger partial charge < -0.3 is 10.1 Å². The molecule has 2 rings (SSSR count). The maximum absolute atomic E-state index is 13.5. The van der Waals surface area contributed by atoms with Crippen molar-refractivity contribution >= 4 is 11.8 Å². The molecule has 2 amide bonds. The lowest BCUT2D eigenvalue weighted by Crippen LogP contribution is -2.28. The Bertz CT molecular complexity index is 629. The molecule has 1 heterocycles. The molecule has 0 unspecified atom stereocenters. The van der Waals surface area contributed by atoms with Gasteiger partial charge in [-0.15, -0.1) is 0 Å². The van der Waals surface area contributed by atoms with E-state index in [9.17, 15) is 9.18 Å². The van der Waals surface area contributed by atoms with E-state index < -0.39 is 11.8 Å². The van der Waals surface area contributed by atoms with Gasteiger partial charge in [-0.25, -0.2) is 14.2 Å². The highest BCUT2D eigenvalue weighted by Gasteiger charge is 2.06. The van der Waals surface area contributed by atoms with Crippen LogP contribution in [0.15, 0.2) is 36.5 Å². The molecule has 0 aliphatic carbocycles. The minimum atomic E-state index is -0.461. The predicted molar refractivity (Wildman–Crippen MR) is 77.8 cm³/mol. The van der Waals surface area contributed by atoms with E-state index in [0.29, 0.717) is 11.4 Å². The first-order valence-electron chi connectivity index (χ1n) is 6.38. The van der Waals surface area contributed by atoms with Gasteiger partial charge in [0.2, 0.25) is 0 Å². The number of anilines is 1. The molecule has 5 nitrogen and oxygen atoms in total. The van der Waals surface area contributed by atoms with Crippen molar-refractivity contribution < 1.29 is 13.9 Å². The number of rotatable bonds is 4. The highest BCUT2D eigenvalue weighted by atomic mass is 19.1. The Morgan fingerprint density at radius 3 is 2.76 bits per heavy atom. The lowest BCUT2D eigenvalue weighted by Gasteiger charge is -2.08. The minimum absolute atomic E-state index is 0.173. The fourth-order valence-electron chi connectivity index (χ4n) is 1.70. The summed E-state index contributed by atoms with van der Waals surface area (Å²) in [6.45, 7) is 2.12. The van der Waals surface area contributed by atoms with Crippen molar-refractivity contribution in [3.8, 4) is 5.75 Å². The van der Waals surface area contributed by atoms with Gasteiger partial charge in [0.25, 0.3) is 0 Å². The Morgan fingerprint density at radius 2 is 2.14 bits per heavy atom. The van der Waals surface area contributed by atoms with Crippen LogP contribution in [-0.4, -0.2) is 18.1 Å². The van der Waals surface area contributed by atoms with Gasteiger partial charge in [0.15, 0.2) is 11.6 Å². The first-order chi connectivity index (χ1) is 10.1. The van der Waals surface area contributed by atoms with E-state index in [1.807, 2.05) is 13.0 Å². The Kier molecular flexibility index (Phi) is 4.71. The van der Waals surface area contributed by atoms with Crippen molar-refractivity contribution in [3.05, 3.63) is 53.5 Å². The van der Waals surface area contributed by atoms with Crippen LogP contribution in [0.25, 0.3) is 0 Å². The van der Waals surface area contributed by atoms with Crippen LogP contribution in [0, 0.1) is 12.7 Å². The summed E-state index contributed by atoms with van der Waals surface area (Å²) >= 11 is 0. The monoisotopic (exact) mass is 289 g/mol. The van der Waals surface area contributed by atoms with Crippen LogP contribution in [0.3, 0.4) is 0 Å². The summed E-state index contributed by atoms with van der Waals surface area (Å²) in [6, 6.07) is 7.69. The topological polar surface area (TPSA) is 63.2 Å². The molecule has 2 N–H and O–H groups in total. The van der Waals surface area contributed by atoms with Crippen molar-refractivity contribution in [2.45, 2.75) is 13.5 Å². The van der Waals surface area contributed by atoms with Crippen molar-refractivity contribution in [3.63, 3.8) is 0 Å². The zero-order chi connectivity index (χ0) is 15.2. The largest absolute Gasteiger partial charge is 0.494 e. The molecule has 0 atom stereocenters. The molecule has 0 fully saturated rings. The van der Waals surface area contributed by atoms with E-state index in [1.165, 1.54) is 19.2 Å². The van der Waals surface area contributed by atoms with Crippen LogP contribution < -0.4 is 15.4 Å². The van der Waals surface area contributed by atoms with E-state index in [0.717, 1.165) is 5.56 Å². The molecular weight excluding hydrogens is 273 g/mol. The van der Waals surface area contributed by atoms with Gasteiger partial charge in [0, 0.05) is 12.7 Å². The average molecular weight is 289 g/mol. The maximum Gasteiger partial charge on any atom is 0.320 e. The number of pyridine rings is 1. The first kappa shape index (κ1) is 14.8. The number of hydrogen-bond donors (Lipinski definition) is 2. The van der Waals surface area contributed by atoms with Gasteiger partial charge >= 0.3 is 6.03 Å². The van der Waals surface area contributed by atoms with Gasteiger partial charge in [-0.2, -0.15) is 0 Å². The molecule has 21 heavy (non-hydrogen) atoms. The molecule has 2 aromatic rings. The first-order valence-corrected chi connectivity index (χ1v) is 6.38. The molecule has 0 aliphatic rings. The number of urea groups is 1. The van der Waals surface area contributed by atoms with Crippen LogP contribution >= 0.6 is 0 Å². The molecule has 6 heteroatoms. The van der Waals surface area contributed by atoms with Crippen LogP contribution in [0.2, 0.25) is 0 Å². The summed E-state index contributed by atoms with van der Waals surface area (Å²) in [7, 11) is 1.40. The van der Waals surface area contributed by atoms with E-state index in [4.69, 9.17) is 4.74 Å². The zero-order valence-electron chi connectivity index (χ0n) is 11.8. The van der Waals surface area contributed by atoms with Crippen molar-refractivity contribution in [2.24, 2.45) is 0 Å². The summed E-state index contributed by atoms with van der Waals surface area (Å²) in [5.74, 6) is 0.170. The predicted octanol–water partition coefficient (Wildman–Crippen LogP) is 2.86. The summed E-state index contributed by atoms with van der Waals surface area (Å²) < 4.78 is 18.3. The number of hydrogen-bond acceptors (Lipinski definition) is 3. The van der Waals surface area contributed by atoms with Crippen LogP contribution in [-0.2, 0) is 6.54 Å². The summed E-state index contributed by atoms with van der Waals surface area (Å²) in [6.07, 6.45) is 1.66. The fourth-order valence-corrected chi connectivity index (χ4v) is 1.70. The molecule has 0 bridgehead atoms. The van der Waals surface area contributed by atoms with E-state index in [-0.39, 0.29) is 12.3 Å². The number of carbonyl (C=O) groups is 1. The van der Waals surface area contributed by atoms with Gasteiger partial charge in [-0.05, 0) is 36.2 Å². The minimum Gasteiger partial charge on any atom is -0.494 e. The number of halogens is 1. The van der Waals surface area contributed by atoms with E-state index in [1.54, 1.807) is 18.3 Å². The lowest BCUT2D eigenvalue weighted by molar-refractivity contribution is 0.251. The Labute approximate surface area is 122 Å². The van der Waals surface area contributed by atoms with Crippen molar-refractivity contribution in [1.29, 1.82) is 0 Å². The number of nitrogens with zero attached hydrogens (tertiary/aromatic N) is 1. The molecule has 0 saturated carbocycles. The van der Waals surface area contributed by atoms with Gasteiger partial charge in [0.1, 0.15) is 5.82 Å². The number of carbonyl (C=O) groups excluding carboxylic acids is 1. The molecule has 1 aromatic heterocycles. The smallest absolute Gasteiger partial charge is 0.320 e. The number of methoxy groups -OCH3 is 1. The summed E-state index contributed by atoms with van der Waals surface area (Å²) in [5.41, 5.74) is 1.65. The molecule has 0 saturated heterocycles. The number of ether oxygens (including phenoxy) is 1. The van der Waals surface area contributed by atoms with Gasteiger partial charge in [-0.1, -0.05) is 12.1 Å². The molecular formula is C15H16FN3O2. The van der Waals surface area contributed by atoms with E-state index >= 15 is 0 Å². The second-order valence-corrected chi connectivity index (χ2v) is 4.50. The highest BCUT2D eigenvalue weighted by molar-refractivity contribution is 5.88. The molecule has 0 aliphatic heterocycles. The zero-order valence-corrected chi connectivity index (χ0v) is 11.8. The quantitative estimate of drug-likeness (QED) is 0.909. The molecule has 110 valence electrons. The summed E-state index contributed by atoms with van der Waals surface area (Å²) in [4.78, 5) is 15.8. The number of benzene rings is 1. The average Bonchev–Trinajstić information content (AvgIpc) is 2.48.